The summed E-state index contributed by atoms with van der Waals surface area (Å²) in [5.74, 6) is 1.84. The van der Waals surface area contributed by atoms with Crippen LogP contribution in [0.15, 0.2) is 206 Å². The second-order valence-corrected chi connectivity index (χ2v) is 13.6. The number of hydrogen-bond acceptors (Lipinski definition) is 3. The normalized spacial score (nSPS) is 11.3. The molecule has 0 amide bonds. The van der Waals surface area contributed by atoms with Gasteiger partial charge in [0.1, 0.15) is 0 Å². The molecule has 0 bridgehead atoms. The molecule has 0 atom stereocenters. The lowest BCUT2D eigenvalue weighted by molar-refractivity contribution is 1.06. The van der Waals surface area contributed by atoms with Crippen molar-refractivity contribution < 1.29 is 0 Å². The molecule has 2 aromatic heterocycles. The molecule has 10 rings (SSSR count). The zero-order chi connectivity index (χ0) is 36.6. The number of para-hydroxylation sites is 3. The van der Waals surface area contributed by atoms with Crippen LogP contribution in [0.25, 0.3) is 95.0 Å². The number of fused-ring (bicyclic) bond motifs is 3. The van der Waals surface area contributed by atoms with Gasteiger partial charge in [-0.2, -0.15) is 0 Å². The highest BCUT2D eigenvalue weighted by atomic mass is 15.1. The van der Waals surface area contributed by atoms with Gasteiger partial charge in [-0.25, -0.2) is 15.0 Å². The van der Waals surface area contributed by atoms with E-state index in [9.17, 15) is 0 Å². The third-order valence-corrected chi connectivity index (χ3v) is 10.3. The van der Waals surface area contributed by atoms with Gasteiger partial charge in [0.2, 0.25) is 0 Å². The number of hydrogen-bond donors (Lipinski definition) is 0. The number of rotatable bonds is 7. The van der Waals surface area contributed by atoms with E-state index in [4.69, 9.17) is 15.0 Å². The largest absolute Gasteiger partial charge is 0.308 e. The van der Waals surface area contributed by atoms with Crippen molar-refractivity contribution in [2.24, 2.45) is 0 Å². The Balaban J connectivity index is 1.22. The van der Waals surface area contributed by atoms with E-state index < -0.39 is 0 Å². The molecule has 55 heavy (non-hydrogen) atoms. The lowest BCUT2D eigenvalue weighted by atomic mass is 9.98. The van der Waals surface area contributed by atoms with Crippen molar-refractivity contribution in [3.8, 4) is 73.2 Å². The molecule has 10 aromatic rings. The Bertz CT molecular complexity index is 2780. The van der Waals surface area contributed by atoms with Gasteiger partial charge in [0.25, 0.3) is 0 Å². The van der Waals surface area contributed by atoms with Crippen LogP contribution >= 0.6 is 0 Å². The van der Waals surface area contributed by atoms with Gasteiger partial charge in [0.05, 0.1) is 16.7 Å². The fraction of sp³-hybridized carbons (Fsp3) is 0. The van der Waals surface area contributed by atoms with E-state index in [1.807, 2.05) is 12.1 Å². The maximum absolute atomic E-state index is 5.30. The Labute approximate surface area is 319 Å². The maximum Gasteiger partial charge on any atom is 0.166 e. The SMILES string of the molecule is c1ccc(-c2ccc(-c3nc(-c4ccc(-c5ccccc5)cc4)nc(-c4cccc(-c5ccccc5)c4-n4c5ccccc5c5ccccc54)n3)cc2)cc1. The van der Waals surface area contributed by atoms with Crippen molar-refractivity contribution >= 4 is 21.8 Å². The van der Waals surface area contributed by atoms with E-state index in [0.717, 1.165) is 66.8 Å². The Morgan fingerprint density at radius 3 is 1.11 bits per heavy atom. The van der Waals surface area contributed by atoms with Crippen molar-refractivity contribution in [2.45, 2.75) is 0 Å². The zero-order valence-electron chi connectivity index (χ0n) is 29.9. The van der Waals surface area contributed by atoms with Gasteiger partial charge in [-0.1, -0.05) is 188 Å². The maximum atomic E-state index is 5.30. The molecular formula is C51H34N4. The summed E-state index contributed by atoms with van der Waals surface area (Å²) in [5.41, 5.74) is 12.8. The molecular weight excluding hydrogens is 669 g/mol. The highest BCUT2D eigenvalue weighted by Crippen LogP contribution is 2.41. The van der Waals surface area contributed by atoms with Gasteiger partial charge in [-0.15, -0.1) is 0 Å². The molecule has 0 aliphatic carbocycles. The smallest absolute Gasteiger partial charge is 0.166 e. The third-order valence-electron chi connectivity index (χ3n) is 10.3. The zero-order valence-corrected chi connectivity index (χ0v) is 29.9. The summed E-state index contributed by atoms with van der Waals surface area (Å²) < 4.78 is 2.38. The molecule has 0 saturated carbocycles. The molecule has 0 aliphatic rings. The summed E-state index contributed by atoms with van der Waals surface area (Å²) in [6, 6.07) is 72.1. The van der Waals surface area contributed by atoms with Crippen LogP contribution in [0.5, 0.6) is 0 Å². The Morgan fingerprint density at radius 2 is 0.618 bits per heavy atom. The minimum absolute atomic E-state index is 0.605. The lowest BCUT2D eigenvalue weighted by Gasteiger charge is -2.19. The first kappa shape index (κ1) is 32.2. The minimum atomic E-state index is 0.605. The van der Waals surface area contributed by atoms with Crippen LogP contribution in [0, 0.1) is 0 Å². The van der Waals surface area contributed by atoms with Gasteiger partial charge in [-0.05, 0) is 46.0 Å². The highest BCUT2D eigenvalue weighted by molar-refractivity contribution is 6.10. The summed E-state index contributed by atoms with van der Waals surface area (Å²) in [7, 11) is 0. The van der Waals surface area contributed by atoms with Crippen molar-refractivity contribution in [3.05, 3.63) is 206 Å². The lowest BCUT2D eigenvalue weighted by Crippen LogP contribution is -2.05. The van der Waals surface area contributed by atoms with Gasteiger partial charge in [0, 0.05) is 33.0 Å². The second-order valence-electron chi connectivity index (χ2n) is 13.6. The van der Waals surface area contributed by atoms with Gasteiger partial charge >= 0.3 is 0 Å². The Kier molecular flexibility index (Phi) is 8.12. The van der Waals surface area contributed by atoms with E-state index in [1.54, 1.807) is 0 Å². The van der Waals surface area contributed by atoms with Crippen LogP contribution in [0.3, 0.4) is 0 Å². The quantitative estimate of drug-likeness (QED) is 0.166. The topological polar surface area (TPSA) is 43.6 Å². The second kappa shape index (κ2) is 13.8. The highest BCUT2D eigenvalue weighted by Gasteiger charge is 2.22. The molecule has 8 aromatic carbocycles. The molecule has 0 N–H and O–H groups in total. The molecule has 0 spiro atoms. The molecule has 4 nitrogen and oxygen atoms in total. The van der Waals surface area contributed by atoms with E-state index in [0.29, 0.717) is 17.5 Å². The predicted octanol–water partition coefficient (Wildman–Crippen LogP) is 13.0. The molecule has 0 radical (unpaired) electrons. The fourth-order valence-electron chi connectivity index (χ4n) is 7.62. The van der Waals surface area contributed by atoms with Crippen molar-refractivity contribution in [2.75, 3.05) is 0 Å². The average molecular weight is 703 g/mol. The van der Waals surface area contributed by atoms with Gasteiger partial charge in [0.15, 0.2) is 17.5 Å². The fourth-order valence-corrected chi connectivity index (χ4v) is 7.62. The molecule has 0 fully saturated rings. The first-order chi connectivity index (χ1) is 27.3. The average Bonchev–Trinajstić information content (AvgIpc) is 3.61. The van der Waals surface area contributed by atoms with Crippen LogP contribution in [-0.2, 0) is 0 Å². The summed E-state index contributed by atoms with van der Waals surface area (Å²) in [4.78, 5) is 15.7. The van der Waals surface area contributed by atoms with Crippen molar-refractivity contribution in [3.63, 3.8) is 0 Å². The Hall–Kier alpha value is -7.43. The summed E-state index contributed by atoms with van der Waals surface area (Å²) >= 11 is 0. The van der Waals surface area contributed by atoms with Crippen molar-refractivity contribution in [1.29, 1.82) is 0 Å². The van der Waals surface area contributed by atoms with Crippen molar-refractivity contribution in [1.82, 2.24) is 19.5 Å². The number of benzene rings is 8. The van der Waals surface area contributed by atoms with Crippen LogP contribution < -0.4 is 0 Å². The third kappa shape index (κ3) is 5.96. The molecule has 0 aliphatic heterocycles. The molecule has 4 heteroatoms. The summed E-state index contributed by atoms with van der Waals surface area (Å²) in [6.07, 6.45) is 0. The molecule has 258 valence electrons. The number of aromatic nitrogens is 4. The van der Waals surface area contributed by atoms with Crippen LogP contribution in [-0.4, -0.2) is 19.5 Å². The van der Waals surface area contributed by atoms with E-state index >= 15 is 0 Å². The number of nitrogens with zero attached hydrogens (tertiary/aromatic N) is 4. The van der Waals surface area contributed by atoms with Crippen LogP contribution in [0.1, 0.15) is 0 Å². The summed E-state index contributed by atoms with van der Waals surface area (Å²) in [6.45, 7) is 0. The van der Waals surface area contributed by atoms with Gasteiger partial charge in [-0.3, -0.25) is 0 Å². The minimum Gasteiger partial charge on any atom is -0.308 e. The van der Waals surface area contributed by atoms with E-state index in [-0.39, 0.29) is 0 Å². The first-order valence-corrected chi connectivity index (χ1v) is 18.5. The van der Waals surface area contributed by atoms with Crippen LogP contribution in [0.2, 0.25) is 0 Å². The van der Waals surface area contributed by atoms with E-state index in [1.165, 1.54) is 10.8 Å². The predicted molar refractivity (Wildman–Crippen MR) is 227 cm³/mol. The van der Waals surface area contributed by atoms with Crippen LogP contribution in [0.4, 0.5) is 0 Å². The standard InChI is InChI=1S/C51H34N4/c1-4-15-35(16-5-1)37-27-31-40(32-28-37)49-52-50(41-33-29-38(30-34-41)36-17-6-2-7-18-36)54-51(53-49)45-24-14-23-42(39-19-8-3-9-20-39)48(45)55-46-25-12-10-21-43(46)44-22-11-13-26-47(44)55/h1-34H. The van der Waals surface area contributed by atoms with Gasteiger partial charge < -0.3 is 4.57 Å². The Morgan fingerprint density at radius 1 is 0.255 bits per heavy atom. The molecule has 0 unspecified atom stereocenters. The first-order valence-electron chi connectivity index (χ1n) is 18.5. The monoisotopic (exact) mass is 702 g/mol. The molecule has 2 heterocycles. The van der Waals surface area contributed by atoms with E-state index in [2.05, 4.69) is 199 Å². The molecule has 0 saturated heterocycles. The summed E-state index contributed by atoms with van der Waals surface area (Å²) in [5, 5.41) is 2.39.